The Kier molecular flexibility index (Phi) is 7.25. The van der Waals surface area contributed by atoms with Crippen molar-refractivity contribution in [2.45, 2.75) is 53.7 Å². The van der Waals surface area contributed by atoms with Crippen LogP contribution in [0.3, 0.4) is 0 Å². The van der Waals surface area contributed by atoms with Crippen LogP contribution in [0.1, 0.15) is 67.5 Å². The molecule has 0 aliphatic carbocycles. The van der Waals surface area contributed by atoms with Crippen molar-refractivity contribution in [1.82, 2.24) is 9.55 Å². The molecule has 0 radical (unpaired) electrons. The third-order valence-electron chi connectivity index (χ3n) is 7.66. The Balaban J connectivity index is 1.96. The lowest BCUT2D eigenvalue weighted by molar-refractivity contribution is 0.0236. The van der Waals surface area contributed by atoms with Crippen molar-refractivity contribution < 1.29 is 19.0 Å². The zero-order chi connectivity index (χ0) is 27.7. The standard InChI is InChI=1S/C32H37N3O4/c1-7-34(8-2)26-19-18-24(28(37-10-4)29(26)38-11-5)32(30-23(31(36)39-32)16-14-20-33-30)27-21(6)35(9-3)25-17-13-12-15-22(25)27/h12-20H,7-11H2,1-6H3. The molecule has 0 saturated heterocycles. The highest BCUT2D eigenvalue weighted by Gasteiger charge is 2.54. The van der Waals surface area contributed by atoms with Gasteiger partial charge in [0.15, 0.2) is 11.5 Å². The van der Waals surface area contributed by atoms with Crippen LogP contribution < -0.4 is 14.4 Å². The highest BCUT2D eigenvalue weighted by molar-refractivity contribution is 5.98. The Hall–Kier alpha value is -4.00. The number of benzene rings is 2. The van der Waals surface area contributed by atoms with Crippen LogP contribution in [-0.4, -0.2) is 41.8 Å². The number of pyridine rings is 1. The summed E-state index contributed by atoms with van der Waals surface area (Å²) in [5.41, 5.74) is 4.34. The lowest BCUT2D eigenvalue weighted by Crippen LogP contribution is -2.32. The van der Waals surface area contributed by atoms with Gasteiger partial charge in [-0.15, -0.1) is 0 Å². The van der Waals surface area contributed by atoms with E-state index in [0.29, 0.717) is 41.5 Å². The zero-order valence-electron chi connectivity index (χ0n) is 23.7. The van der Waals surface area contributed by atoms with Gasteiger partial charge >= 0.3 is 5.97 Å². The van der Waals surface area contributed by atoms with Crippen molar-refractivity contribution in [3.05, 3.63) is 82.8 Å². The molecule has 1 aliphatic rings. The van der Waals surface area contributed by atoms with Crippen molar-refractivity contribution >= 4 is 22.6 Å². The van der Waals surface area contributed by atoms with E-state index in [0.717, 1.165) is 47.5 Å². The number of carbonyl (C=O) groups excluding carboxylic acids is 1. The maximum absolute atomic E-state index is 13.5. The maximum atomic E-state index is 13.5. The van der Waals surface area contributed by atoms with E-state index in [2.05, 4.69) is 55.4 Å². The summed E-state index contributed by atoms with van der Waals surface area (Å²) < 4.78 is 21.5. The topological polar surface area (TPSA) is 65.8 Å². The molecule has 0 N–H and O–H groups in total. The third-order valence-corrected chi connectivity index (χ3v) is 7.66. The molecule has 0 bridgehead atoms. The van der Waals surface area contributed by atoms with Gasteiger partial charge < -0.3 is 23.7 Å². The zero-order valence-corrected chi connectivity index (χ0v) is 23.7. The van der Waals surface area contributed by atoms with Crippen LogP contribution in [0.4, 0.5) is 5.69 Å². The molecule has 1 atom stereocenters. The van der Waals surface area contributed by atoms with Gasteiger partial charge in [-0.25, -0.2) is 4.79 Å². The van der Waals surface area contributed by atoms with Gasteiger partial charge in [-0.1, -0.05) is 18.2 Å². The smallest absolute Gasteiger partial charge is 0.341 e. The third kappa shape index (κ3) is 3.94. The second-order valence-corrected chi connectivity index (χ2v) is 9.52. The lowest BCUT2D eigenvalue weighted by Gasteiger charge is -2.33. The van der Waals surface area contributed by atoms with Gasteiger partial charge in [0.25, 0.3) is 0 Å². The number of anilines is 1. The van der Waals surface area contributed by atoms with E-state index in [1.54, 1.807) is 18.3 Å². The number of para-hydroxylation sites is 1. The Morgan fingerprint density at radius 2 is 1.64 bits per heavy atom. The van der Waals surface area contributed by atoms with E-state index in [9.17, 15) is 4.79 Å². The number of aromatic nitrogens is 2. The lowest BCUT2D eigenvalue weighted by atomic mass is 9.80. The number of nitrogens with zero attached hydrogens (tertiary/aromatic N) is 3. The molecule has 0 saturated carbocycles. The summed E-state index contributed by atoms with van der Waals surface area (Å²) in [7, 11) is 0. The Morgan fingerprint density at radius 1 is 0.923 bits per heavy atom. The summed E-state index contributed by atoms with van der Waals surface area (Å²) in [5.74, 6) is 0.819. The molecule has 7 nitrogen and oxygen atoms in total. The summed E-state index contributed by atoms with van der Waals surface area (Å²) in [6.45, 7) is 15.7. The summed E-state index contributed by atoms with van der Waals surface area (Å²) in [6, 6.07) is 15.9. The minimum Gasteiger partial charge on any atom is -0.489 e. The van der Waals surface area contributed by atoms with Crippen LogP contribution >= 0.6 is 0 Å². The summed E-state index contributed by atoms with van der Waals surface area (Å²) >= 11 is 0. The quantitative estimate of drug-likeness (QED) is 0.220. The van der Waals surface area contributed by atoms with Crippen molar-refractivity contribution in [1.29, 1.82) is 0 Å². The SMILES string of the molecule is CCOc1c(N(CC)CC)ccc(C2(c3c(C)n(CC)c4ccccc34)OC(=O)c3cccnc32)c1OCC. The van der Waals surface area contributed by atoms with Gasteiger partial charge in [0.05, 0.1) is 30.0 Å². The number of esters is 1. The number of fused-ring (bicyclic) bond motifs is 2. The first kappa shape index (κ1) is 26.6. The van der Waals surface area contributed by atoms with Crippen molar-refractivity contribution in [2.75, 3.05) is 31.2 Å². The van der Waals surface area contributed by atoms with E-state index in [1.807, 2.05) is 32.0 Å². The Labute approximate surface area is 230 Å². The second-order valence-electron chi connectivity index (χ2n) is 9.52. The van der Waals surface area contributed by atoms with Gasteiger partial charge in [-0.2, -0.15) is 0 Å². The Bertz CT molecular complexity index is 1520. The average molecular weight is 528 g/mol. The van der Waals surface area contributed by atoms with E-state index in [4.69, 9.17) is 19.2 Å². The molecule has 0 spiro atoms. The van der Waals surface area contributed by atoms with E-state index < -0.39 is 11.6 Å². The number of rotatable bonds is 10. The monoisotopic (exact) mass is 527 g/mol. The molecule has 0 fully saturated rings. The number of cyclic esters (lactones) is 1. The summed E-state index contributed by atoms with van der Waals surface area (Å²) in [5, 5.41) is 1.01. The number of hydrogen-bond acceptors (Lipinski definition) is 6. The van der Waals surface area contributed by atoms with Crippen LogP contribution in [0.5, 0.6) is 11.5 Å². The fraction of sp³-hybridized carbons (Fsp3) is 0.375. The van der Waals surface area contributed by atoms with Crippen molar-refractivity contribution in [3.63, 3.8) is 0 Å². The van der Waals surface area contributed by atoms with E-state index in [1.165, 1.54) is 0 Å². The normalized spacial score (nSPS) is 16.3. The second kappa shape index (κ2) is 10.6. The first-order valence-electron chi connectivity index (χ1n) is 13.9. The first-order chi connectivity index (χ1) is 19.0. The Morgan fingerprint density at radius 3 is 2.33 bits per heavy atom. The molecule has 1 aliphatic heterocycles. The predicted octanol–water partition coefficient (Wildman–Crippen LogP) is 6.47. The van der Waals surface area contributed by atoms with E-state index >= 15 is 0 Å². The highest BCUT2D eigenvalue weighted by atomic mass is 16.6. The molecule has 3 heterocycles. The largest absolute Gasteiger partial charge is 0.489 e. The molecular formula is C32H37N3O4. The van der Waals surface area contributed by atoms with Gasteiger partial charge in [-0.05, 0) is 71.9 Å². The number of carbonyl (C=O) groups is 1. The van der Waals surface area contributed by atoms with Gasteiger partial charge in [-0.3, -0.25) is 4.98 Å². The molecule has 2 aromatic heterocycles. The minimum absolute atomic E-state index is 0.404. The fourth-order valence-electron chi connectivity index (χ4n) is 6.08. The molecule has 0 amide bonds. The first-order valence-corrected chi connectivity index (χ1v) is 13.9. The average Bonchev–Trinajstić information content (AvgIpc) is 3.41. The van der Waals surface area contributed by atoms with Gasteiger partial charge in [0.1, 0.15) is 5.69 Å². The van der Waals surface area contributed by atoms with Crippen LogP contribution in [0.25, 0.3) is 10.9 Å². The van der Waals surface area contributed by atoms with Crippen molar-refractivity contribution in [2.24, 2.45) is 0 Å². The molecule has 39 heavy (non-hydrogen) atoms. The number of aryl methyl sites for hydroxylation is 1. The molecule has 4 aromatic rings. The van der Waals surface area contributed by atoms with Crippen LogP contribution in [0.2, 0.25) is 0 Å². The highest BCUT2D eigenvalue weighted by Crippen LogP contribution is 2.55. The number of ether oxygens (including phenoxy) is 3. The van der Waals surface area contributed by atoms with Gasteiger partial charge in [0.2, 0.25) is 5.60 Å². The molecule has 1 unspecified atom stereocenters. The predicted molar refractivity (Wildman–Crippen MR) is 154 cm³/mol. The molecule has 7 heteroatoms. The van der Waals surface area contributed by atoms with Gasteiger partial charge in [0, 0.05) is 48.0 Å². The van der Waals surface area contributed by atoms with Crippen LogP contribution in [0.15, 0.2) is 54.7 Å². The minimum atomic E-state index is -1.32. The van der Waals surface area contributed by atoms with Crippen LogP contribution in [-0.2, 0) is 16.9 Å². The number of hydrogen-bond donors (Lipinski definition) is 0. The molecular weight excluding hydrogens is 490 g/mol. The van der Waals surface area contributed by atoms with Crippen molar-refractivity contribution in [3.8, 4) is 11.5 Å². The van der Waals surface area contributed by atoms with E-state index in [-0.39, 0.29) is 0 Å². The summed E-state index contributed by atoms with van der Waals surface area (Å²) in [6.07, 6.45) is 1.72. The maximum Gasteiger partial charge on any atom is 0.341 e. The summed E-state index contributed by atoms with van der Waals surface area (Å²) in [4.78, 5) is 20.6. The molecule has 2 aromatic carbocycles. The molecule has 204 valence electrons. The fourth-order valence-corrected chi connectivity index (χ4v) is 6.08. The molecule has 5 rings (SSSR count). The van der Waals surface area contributed by atoms with Crippen LogP contribution in [0, 0.1) is 6.92 Å².